The SMILES string of the molecule is Cc1ccc(N2C(=O)[C@H]3CC=CC[C@H]3C2=O)cc1C. The third kappa shape index (κ3) is 1.81. The molecule has 1 aliphatic carbocycles. The van der Waals surface area contributed by atoms with Crippen LogP contribution in [0.2, 0.25) is 0 Å². The van der Waals surface area contributed by atoms with Gasteiger partial charge in [-0.1, -0.05) is 18.2 Å². The maximum atomic E-state index is 12.4. The molecule has 0 bridgehead atoms. The molecule has 1 aromatic rings. The van der Waals surface area contributed by atoms with Gasteiger partial charge in [-0.3, -0.25) is 14.5 Å². The van der Waals surface area contributed by atoms with Gasteiger partial charge in [-0.2, -0.15) is 0 Å². The van der Waals surface area contributed by atoms with E-state index < -0.39 is 0 Å². The molecular formula is C16H17NO2. The number of anilines is 1. The van der Waals surface area contributed by atoms with Crippen molar-refractivity contribution in [3.8, 4) is 0 Å². The molecule has 3 heteroatoms. The van der Waals surface area contributed by atoms with Crippen LogP contribution in [0, 0.1) is 25.7 Å². The summed E-state index contributed by atoms with van der Waals surface area (Å²) in [4.78, 5) is 26.2. The van der Waals surface area contributed by atoms with Crippen LogP contribution in [0.5, 0.6) is 0 Å². The van der Waals surface area contributed by atoms with E-state index in [2.05, 4.69) is 0 Å². The molecule has 0 unspecified atom stereocenters. The van der Waals surface area contributed by atoms with Crippen molar-refractivity contribution < 1.29 is 9.59 Å². The van der Waals surface area contributed by atoms with Crippen molar-refractivity contribution in [1.29, 1.82) is 0 Å². The Balaban J connectivity index is 1.99. The highest BCUT2D eigenvalue weighted by molar-refractivity contribution is 6.22. The third-order valence-corrected chi connectivity index (χ3v) is 4.26. The average molecular weight is 255 g/mol. The lowest BCUT2D eigenvalue weighted by molar-refractivity contribution is -0.122. The minimum Gasteiger partial charge on any atom is -0.274 e. The second-order valence-corrected chi connectivity index (χ2v) is 5.44. The Morgan fingerprint density at radius 2 is 1.53 bits per heavy atom. The average Bonchev–Trinajstić information content (AvgIpc) is 2.66. The fraction of sp³-hybridized carbons (Fsp3) is 0.375. The van der Waals surface area contributed by atoms with Crippen LogP contribution >= 0.6 is 0 Å². The molecule has 2 amide bonds. The van der Waals surface area contributed by atoms with Crippen LogP contribution in [0.15, 0.2) is 30.4 Å². The molecule has 0 N–H and O–H groups in total. The number of nitrogens with zero attached hydrogens (tertiary/aromatic N) is 1. The first kappa shape index (κ1) is 12.2. The highest BCUT2D eigenvalue weighted by atomic mass is 16.2. The molecule has 19 heavy (non-hydrogen) atoms. The number of aryl methyl sites for hydroxylation is 2. The predicted molar refractivity (Wildman–Crippen MR) is 73.8 cm³/mol. The first-order valence-corrected chi connectivity index (χ1v) is 6.69. The lowest BCUT2D eigenvalue weighted by atomic mass is 9.85. The Bertz CT molecular complexity index is 562. The molecule has 3 nitrogen and oxygen atoms in total. The summed E-state index contributed by atoms with van der Waals surface area (Å²) in [5.41, 5.74) is 2.99. The quantitative estimate of drug-likeness (QED) is 0.571. The van der Waals surface area contributed by atoms with E-state index in [0.717, 1.165) is 5.56 Å². The minimum atomic E-state index is -0.154. The summed E-state index contributed by atoms with van der Waals surface area (Å²) in [6, 6.07) is 5.75. The largest absolute Gasteiger partial charge is 0.274 e. The topological polar surface area (TPSA) is 37.4 Å². The lowest BCUT2D eigenvalue weighted by Crippen LogP contribution is -2.30. The number of imide groups is 1. The summed E-state index contributed by atoms with van der Waals surface area (Å²) in [6.07, 6.45) is 5.40. The Labute approximate surface area is 112 Å². The van der Waals surface area contributed by atoms with Gasteiger partial charge >= 0.3 is 0 Å². The number of benzene rings is 1. The Morgan fingerprint density at radius 1 is 0.947 bits per heavy atom. The van der Waals surface area contributed by atoms with Crippen LogP contribution in [-0.4, -0.2) is 11.8 Å². The molecular weight excluding hydrogens is 238 g/mol. The Kier molecular flexibility index (Phi) is 2.77. The van der Waals surface area contributed by atoms with Crippen LogP contribution in [0.25, 0.3) is 0 Å². The standard InChI is InChI=1S/C16H17NO2/c1-10-7-8-12(9-11(10)2)17-15(18)13-5-3-4-6-14(13)16(17)19/h3-4,7-9,13-14H,5-6H2,1-2H3/t13-,14+. The molecule has 0 spiro atoms. The monoisotopic (exact) mass is 255 g/mol. The summed E-state index contributed by atoms with van der Waals surface area (Å²) < 4.78 is 0. The van der Waals surface area contributed by atoms with Gasteiger partial charge in [0.15, 0.2) is 0 Å². The van der Waals surface area contributed by atoms with Crippen LogP contribution in [0.4, 0.5) is 5.69 Å². The first-order chi connectivity index (χ1) is 9.09. The zero-order chi connectivity index (χ0) is 13.6. The van der Waals surface area contributed by atoms with E-state index >= 15 is 0 Å². The van der Waals surface area contributed by atoms with Crippen molar-refractivity contribution in [3.05, 3.63) is 41.5 Å². The third-order valence-electron chi connectivity index (χ3n) is 4.26. The van der Waals surface area contributed by atoms with Gasteiger partial charge < -0.3 is 0 Å². The van der Waals surface area contributed by atoms with E-state index in [9.17, 15) is 9.59 Å². The summed E-state index contributed by atoms with van der Waals surface area (Å²) in [7, 11) is 0. The van der Waals surface area contributed by atoms with Gasteiger partial charge in [-0.15, -0.1) is 0 Å². The number of amides is 2. The fourth-order valence-electron chi connectivity index (χ4n) is 2.92. The van der Waals surface area contributed by atoms with E-state index in [-0.39, 0.29) is 23.7 Å². The molecule has 1 heterocycles. The fourth-order valence-corrected chi connectivity index (χ4v) is 2.92. The molecule has 0 aromatic heterocycles. The lowest BCUT2D eigenvalue weighted by Gasteiger charge is -2.16. The van der Waals surface area contributed by atoms with Crippen LogP contribution in [0.1, 0.15) is 24.0 Å². The smallest absolute Gasteiger partial charge is 0.238 e. The van der Waals surface area contributed by atoms with Gasteiger partial charge in [-0.05, 0) is 49.9 Å². The molecule has 98 valence electrons. The van der Waals surface area contributed by atoms with E-state index in [4.69, 9.17) is 0 Å². The zero-order valence-electron chi connectivity index (χ0n) is 11.2. The second-order valence-electron chi connectivity index (χ2n) is 5.44. The molecule has 0 saturated carbocycles. The van der Waals surface area contributed by atoms with Crippen molar-refractivity contribution in [2.24, 2.45) is 11.8 Å². The highest BCUT2D eigenvalue weighted by Crippen LogP contribution is 2.37. The zero-order valence-corrected chi connectivity index (χ0v) is 11.2. The van der Waals surface area contributed by atoms with E-state index in [1.165, 1.54) is 10.5 Å². The molecule has 2 atom stereocenters. The van der Waals surface area contributed by atoms with Gasteiger partial charge in [-0.25, -0.2) is 0 Å². The van der Waals surface area contributed by atoms with E-state index in [0.29, 0.717) is 18.5 Å². The molecule has 2 aliphatic rings. The van der Waals surface area contributed by atoms with Crippen molar-refractivity contribution in [2.75, 3.05) is 4.90 Å². The predicted octanol–water partition coefficient (Wildman–Crippen LogP) is 2.76. The summed E-state index contributed by atoms with van der Waals surface area (Å²) >= 11 is 0. The van der Waals surface area contributed by atoms with E-state index in [1.54, 1.807) is 0 Å². The van der Waals surface area contributed by atoms with Crippen LogP contribution in [0.3, 0.4) is 0 Å². The van der Waals surface area contributed by atoms with Gasteiger partial charge in [0.05, 0.1) is 17.5 Å². The molecule has 1 saturated heterocycles. The van der Waals surface area contributed by atoms with Crippen molar-refractivity contribution in [2.45, 2.75) is 26.7 Å². The number of fused-ring (bicyclic) bond motifs is 1. The van der Waals surface area contributed by atoms with Crippen molar-refractivity contribution >= 4 is 17.5 Å². The number of rotatable bonds is 1. The number of hydrogen-bond donors (Lipinski definition) is 0. The molecule has 1 fully saturated rings. The first-order valence-electron chi connectivity index (χ1n) is 6.69. The summed E-state index contributed by atoms with van der Waals surface area (Å²) in [6.45, 7) is 4.02. The van der Waals surface area contributed by atoms with Crippen molar-refractivity contribution in [3.63, 3.8) is 0 Å². The number of hydrogen-bond acceptors (Lipinski definition) is 2. The number of carbonyl (C=O) groups excluding carboxylic acids is 2. The van der Waals surface area contributed by atoms with Gasteiger partial charge in [0.1, 0.15) is 0 Å². The Hall–Kier alpha value is -1.90. The normalized spacial score (nSPS) is 25.9. The second kappa shape index (κ2) is 4.34. The van der Waals surface area contributed by atoms with Gasteiger partial charge in [0, 0.05) is 0 Å². The molecule has 1 aliphatic heterocycles. The summed E-state index contributed by atoms with van der Waals surface area (Å²) in [5.74, 6) is -0.386. The van der Waals surface area contributed by atoms with Crippen molar-refractivity contribution in [1.82, 2.24) is 0 Å². The molecule has 0 radical (unpaired) electrons. The van der Waals surface area contributed by atoms with E-state index in [1.807, 2.05) is 44.2 Å². The van der Waals surface area contributed by atoms with Gasteiger partial charge in [0.25, 0.3) is 0 Å². The number of allylic oxidation sites excluding steroid dienone is 2. The van der Waals surface area contributed by atoms with Crippen LogP contribution in [-0.2, 0) is 9.59 Å². The Morgan fingerprint density at radius 3 is 2.05 bits per heavy atom. The maximum Gasteiger partial charge on any atom is 0.238 e. The molecule has 1 aromatic carbocycles. The van der Waals surface area contributed by atoms with Gasteiger partial charge in [0.2, 0.25) is 11.8 Å². The highest BCUT2D eigenvalue weighted by Gasteiger charge is 2.47. The maximum absolute atomic E-state index is 12.4. The number of carbonyl (C=O) groups is 2. The summed E-state index contributed by atoms with van der Waals surface area (Å²) in [5, 5.41) is 0. The van der Waals surface area contributed by atoms with Crippen LogP contribution < -0.4 is 4.90 Å². The molecule has 3 rings (SSSR count). The minimum absolute atomic E-state index is 0.0393.